The molecular formula is C23H27NO4. The van der Waals surface area contributed by atoms with Crippen LogP contribution in [0.2, 0.25) is 0 Å². The molecular weight excluding hydrogens is 354 g/mol. The zero-order valence-corrected chi connectivity index (χ0v) is 16.8. The number of amides is 1. The molecule has 28 heavy (non-hydrogen) atoms. The molecule has 2 aromatic rings. The molecule has 5 nitrogen and oxygen atoms in total. The van der Waals surface area contributed by atoms with Crippen molar-refractivity contribution in [3.05, 3.63) is 65.7 Å². The normalized spacial score (nSPS) is 12.0. The topological polar surface area (TPSA) is 64.6 Å². The van der Waals surface area contributed by atoms with Crippen LogP contribution in [0.4, 0.5) is 5.69 Å². The van der Waals surface area contributed by atoms with Gasteiger partial charge in [0.25, 0.3) is 5.91 Å². The van der Waals surface area contributed by atoms with Crippen molar-refractivity contribution in [3.63, 3.8) is 0 Å². The minimum atomic E-state index is -0.935. The van der Waals surface area contributed by atoms with Gasteiger partial charge in [0, 0.05) is 6.08 Å². The Kier molecular flexibility index (Phi) is 7.81. The van der Waals surface area contributed by atoms with Gasteiger partial charge in [-0.1, -0.05) is 50.2 Å². The fourth-order valence-electron chi connectivity index (χ4n) is 2.51. The maximum atomic E-state index is 12.3. The molecule has 0 spiro atoms. The summed E-state index contributed by atoms with van der Waals surface area (Å²) in [6.07, 6.45) is 2.05. The molecule has 1 N–H and O–H groups in total. The van der Waals surface area contributed by atoms with Crippen molar-refractivity contribution in [2.24, 2.45) is 0 Å². The first-order chi connectivity index (χ1) is 13.4. The second-order valence-corrected chi connectivity index (χ2v) is 6.65. The first kappa shape index (κ1) is 21.2. The summed E-state index contributed by atoms with van der Waals surface area (Å²) in [5.41, 5.74) is 2.67. The van der Waals surface area contributed by atoms with E-state index in [2.05, 4.69) is 19.2 Å². The van der Waals surface area contributed by atoms with Crippen molar-refractivity contribution < 1.29 is 19.1 Å². The van der Waals surface area contributed by atoms with E-state index in [1.165, 1.54) is 18.6 Å². The predicted octanol–water partition coefficient (Wildman–Crippen LogP) is 4.79. The summed E-state index contributed by atoms with van der Waals surface area (Å²) < 4.78 is 10.7. The smallest absolute Gasteiger partial charge is 0.331 e. The summed E-state index contributed by atoms with van der Waals surface area (Å²) in [6, 6.07) is 15.1. The Morgan fingerprint density at radius 2 is 1.71 bits per heavy atom. The van der Waals surface area contributed by atoms with Crippen LogP contribution in [0.3, 0.4) is 0 Å². The van der Waals surface area contributed by atoms with E-state index in [1.54, 1.807) is 24.3 Å². The van der Waals surface area contributed by atoms with E-state index in [0.717, 1.165) is 5.56 Å². The SMILES string of the molecule is CCOc1ccccc1NC(=O)[C@H](C)OC(=O)/C=C/c1ccc(C(C)C)cc1. The van der Waals surface area contributed by atoms with Gasteiger partial charge in [-0.3, -0.25) is 4.79 Å². The molecule has 1 amide bonds. The van der Waals surface area contributed by atoms with Crippen molar-refractivity contribution in [2.45, 2.75) is 39.7 Å². The van der Waals surface area contributed by atoms with Crippen LogP contribution >= 0.6 is 0 Å². The molecule has 0 bridgehead atoms. The molecule has 0 aliphatic rings. The molecule has 0 radical (unpaired) electrons. The van der Waals surface area contributed by atoms with Gasteiger partial charge in [0.1, 0.15) is 5.75 Å². The number of carbonyl (C=O) groups excluding carboxylic acids is 2. The number of esters is 1. The van der Waals surface area contributed by atoms with Crippen LogP contribution in [-0.4, -0.2) is 24.6 Å². The Morgan fingerprint density at radius 1 is 1.04 bits per heavy atom. The first-order valence-electron chi connectivity index (χ1n) is 9.42. The number of anilines is 1. The second-order valence-electron chi connectivity index (χ2n) is 6.65. The average Bonchev–Trinajstić information content (AvgIpc) is 2.68. The highest BCUT2D eigenvalue weighted by molar-refractivity contribution is 5.97. The number of rotatable bonds is 8. The maximum Gasteiger partial charge on any atom is 0.331 e. The third-order valence-corrected chi connectivity index (χ3v) is 4.12. The van der Waals surface area contributed by atoms with E-state index in [0.29, 0.717) is 24.0 Å². The standard InChI is InChI=1S/C23H27NO4/c1-5-27-21-9-7-6-8-20(21)24-23(26)17(4)28-22(25)15-12-18-10-13-19(14-11-18)16(2)3/h6-17H,5H2,1-4H3,(H,24,26)/b15-12+/t17-/m0/s1. The Morgan fingerprint density at radius 3 is 2.36 bits per heavy atom. The molecule has 2 rings (SSSR count). The van der Waals surface area contributed by atoms with Gasteiger partial charge in [-0.2, -0.15) is 0 Å². The minimum absolute atomic E-state index is 0.421. The van der Waals surface area contributed by atoms with Crippen LogP contribution in [0.5, 0.6) is 5.75 Å². The molecule has 0 unspecified atom stereocenters. The van der Waals surface area contributed by atoms with Gasteiger partial charge < -0.3 is 14.8 Å². The van der Waals surface area contributed by atoms with Crippen molar-refractivity contribution in [1.82, 2.24) is 0 Å². The van der Waals surface area contributed by atoms with E-state index in [1.807, 2.05) is 37.3 Å². The van der Waals surface area contributed by atoms with Gasteiger partial charge >= 0.3 is 5.97 Å². The monoisotopic (exact) mass is 381 g/mol. The highest BCUT2D eigenvalue weighted by Gasteiger charge is 2.18. The van der Waals surface area contributed by atoms with Gasteiger partial charge in [-0.25, -0.2) is 4.79 Å². The van der Waals surface area contributed by atoms with Crippen LogP contribution in [0.15, 0.2) is 54.6 Å². The molecule has 1 atom stereocenters. The molecule has 0 fully saturated rings. The number of carbonyl (C=O) groups is 2. The fourth-order valence-corrected chi connectivity index (χ4v) is 2.51. The quantitative estimate of drug-likeness (QED) is 0.527. The predicted molar refractivity (Wildman–Crippen MR) is 111 cm³/mol. The van der Waals surface area contributed by atoms with E-state index < -0.39 is 18.0 Å². The second kappa shape index (κ2) is 10.3. The zero-order valence-electron chi connectivity index (χ0n) is 16.8. The van der Waals surface area contributed by atoms with Crippen LogP contribution in [0.25, 0.3) is 6.08 Å². The molecule has 0 saturated heterocycles. The van der Waals surface area contributed by atoms with E-state index in [4.69, 9.17) is 9.47 Å². The van der Waals surface area contributed by atoms with Gasteiger partial charge in [0.05, 0.1) is 12.3 Å². The first-order valence-corrected chi connectivity index (χ1v) is 9.42. The fraction of sp³-hybridized carbons (Fsp3) is 0.304. The Balaban J connectivity index is 1.91. The minimum Gasteiger partial charge on any atom is -0.492 e. The average molecular weight is 381 g/mol. The molecule has 2 aromatic carbocycles. The number of hydrogen-bond acceptors (Lipinski definition) is 4. The third-order valence-electron chi connectivity index (χ3n) is 4.12. The van der Waals surface area contributed by atoms with Gasteiger partial charge in [-0.15, -0.1) is 0 Å². The molecule has 0 aliphatic carbocycles. The van der Waals surface area contributed by atoms with Crippen LogP contribution in [0.1, 0.15) is 44.7 Å². The van der Waals surface area contributed by atoms with Crippen molar-refractivity contribution in [3.8, 4) is 5.75 Å². The van der Waals surface area contributed by atoms with Crippen LogP contribution in [-0.2, 0) is 14.3 Å². The van der Waals surface area contributed by atoms with Gasteiger partial charge in [0.2, 0.25) is 0 Å². The summed E-state index contributed by atoms with van der Waals surface area (Å²) in [5, 5.41) is 2.73. The molecule has 148 valence electrons. The molecule has 0 aliphatic heterocycles. The highest BCUT2D eigenvalue weighted by atomic mass is 16.5. The van der Waals surface area contributed by atoms with Crippen LogP contribution < -0.4 is 10.1 Å². The lowest BCUT2D eigenvalue weighted by atomic mass is 10.0. The lowest BCUT2D eigenvalue weighted by Crippen LogP contribution is -2.29. The summed E-state index contributed by atoms with van der Waals surface area (Å²) in [6.45, 7) is 8.14. The number of ether oxygens (including phenoxy) is 2. The van der Waals surface area contributed by atoms with Crippen LogP contribution in [0, 0.1) is 0 Å². The lowest BCUT2D eigenvalue weighted by Gasteiger charge is -2.15. The Labute approximate surface area is 166 Å². The van der Waals surface area contributed by atoms with Crippen molar-refractivity contribution >= 4 is 23.6 Å². The number of benzene rings is 2. The molecule has 5 heteroatoms. The number of hydrogen-bond donors (Lipinski definition) is 1. The van der Waals surface area contributed by atoms with Crippen molar-refractivity contribution in [1.29, 1.82) is 0 Å². The molecule has 0 heterocycles. The summed E-state index contributed by atoms with van der Waals surface area (Å²) in [7, 11) is 0. The Hall–Kier alpha value is -3.08. The Bertz CT molecular complexity index is 825. The van der Waals surface area contributed by atoms with Gasteiger partial charge in [0.15, 0.2) is 6.10 Å². The highest BCUT2D eigenvalue weighted by Crippen LogP contribution is 2.24. The van der Waals surface area contributed by atoms with E-state index >= 15 is 0 Å². The largest absolute Gasteiger partial charge is 0.492 e. The zero-order chi connectivity index (χ0) is 20.5. The third kappa shape index (κ3) is 6.27. The van der Waals surface area contributed by atoms with E-state index in [9.17, 15) is 9.59 Å². The molecule has 0 aromatic heterocycles. The number of para-hydroxylation sites is 2. The van der Waals surface area contributed by atoms with E-state index in [-0.39, 0.29) is 0 Å². The summed E-state index contributed by atoms with van der Waals surface area (Å²) in [5.74, 6) is 0.0284. The maximum absolute atomic E-state index is 12.3. The van der Waals surface area contributed by atoms with Gasteiger partial charge in [-0.05, 0) is 49.1 Å². The summed E-state index contributed by atoms with van der Waals surface area (Å²) in [4.78, 5) is 24.3. The lowest BCUT2D eigenvalue weighted by molar-refractivity contribution is -0.148. The molecule has 0 saturated carbocycles. The number of nitrogens with one attached hydrogen (secondary N) is 1. The summed E-state index contributed by atoms with van der Waals surface area (Å²) >= 11 is 0. The van der Waals surface area contributed by atoms with Crippen molar-refractivity contribution in [2.75, 3.05) is 11.9 Å².